The summed E-state index contributed by atoms with van der Waals surface area (Å²) >= 11 is 0. The molecule has 0 unspecified atom stereocenters. The van der Waals surface area contributed by atoms with Gasteiger partial charge in [0.15, 0.2) is 12.4 Å². The van der Waals surface area contributed by atoms with Gasteiger partial charge in [-0.15, -0.1) is 0 Å². The number of carbonyl (C=O) groups is 1. The minimum atomic E-state index is -0.0199. The summed E-state index contributed by atoms with van der Waals surface area (Å²) in [5.74, 6) is 0.487. The van der Waals surface area contributed by atoms with E-state index in [4.69, 9.17) is 0 Å². The first-order valence-electron chi connectivity index (χ1n) is 6.49. The van der Waals surface area contributed by atoms with Crippen LogP contribution < -0.4 is 9.88 Å². The second-order valence-electron chi connectivity index (χ2n) is 4.87. The van der Waals surface area contributed by atoms with Crippen LogP contribution in [0.1, 0.15) is 25.3 Å². The Bertz CT molecular complexity index is 532. The fourth-order valence-corrected chi connectivity index (χ4v) is 1.85. The first-order chi connectivity index (χ1) is 9.15. The van der Waals surface area contributed by atoms with Crippen LogP contribution in [0.4, 0.5) is 5.69 Å². The first kappa shape index (κ1) is 13.3. The third kappa shape index (κ3) is 3.91. The highest BCUT2D eigenvalue weighted by molar-refractivity contribution is 5.89. The smallest absolute Gasteiger partial charge is 0.290 e. The summed E-state index contributed by atoms with van der Waals surface area (Å²) in [7, 11) is 0. The number of nitrogens with one attached hydrogen (secondary N) is 1. The first-order valence-corrected chi connectivity index (χ1v) is 6.49. The molecular formula is C16H19N2O+. The van der Waals surface area contributed by atoms with Crippen molar-refractivity contribution >= 4 is 11.6 Å². The van der Waals surface area contributed by atoms with Crippen LogP contribution in [-0.2, 0) is 11.3 Å². The van der Waals surface area contributed by atoms with Gasteiger partial charge in [0, 0.05) is 17.8 Å². The zero-order valence-electron chi connectivity index (χ0n) is 11.3. The quantitative estimate of drug-likeness (QED) is 0.837. The second-order valence-corrected chi connectivity index (χ2v) is 4.87. The lowest BCUT2D eigenvalue weighted by atomic mass is 10.1. The molecule has 3 nitrogen and oxygen atoms in total. The van der Waals surface area contributed by atoms with E-state index < -0.39 is 0 Å². The molecule has 0 bridgehead atoms. The molecule has 1 aromatic carbocycles. The average Bonchev–Trinajstić information content (AvgIpc) is 2.40. The highest BCUT2D eigenvalue weighted by Gasteiger charge is 2.10. The van der Waals surface area contributed by atoms with Crippen molar-refractivity contribution in [2.24, 2.45) is 0 Å². The van der Waals surface area contributed by atoms with Gasteiger partial charge >= 0.3 is 0 Å². The molecule has 1 amide bonds. The average molecular weight is 255 g/mol. The lowest BCUT2D eigenvalue weighted by Crippen LogP contribution is -2.39. The van der Waals surface area contributed by atoms with Crippen molar-refractivity contribution in [3.8, 4) is 0 Å². The Morgan fingerprint density at radius 2 is 1.74 bits per heavy atom. The van der Waals surface area contributed by atoms with Crippen molar-refractivity contribution in [3.05, 3.63) is 60.4 Å². The predicted octanol–water partition coefficient (Wildman–Crippen LogP) is 2.74. The minimum absolute atomic E-state index is 0.0199. The second kappa shape index (κ2) is 6.14. The lowest BCUT2D eigenvalue weighted by Gasteiger charge is -2.04. The molecule has 1 heterocycles. The molecule has 0 atom stereocenters. The van der Waals surface area contributed by atoms with Gasteiger partial charge in [0.2, 0.25) is 6.54 Å². The number of carbonyl (C=O) groups excluding carboxylic acids is 1. The van der Waals surface area contributed by atoms with Crippen LogP contribution in [-0.4, -0.2) is 5.91 Å². The molecule has 2 aromatic rings. The SMILES string of the molecule is CC(C)c1cc[n+](CC(=O)Nc2ccccc2)cc1. The largest absolute Gasteiger partial charge is 0.321 e. The summed E-state index contributed by atoms with van der Waals surface area (Å²) in [6, 6.07) is 13.6. The number of hydrogen-bond donors (Lipinski definition) is 1. The number of anilines is 1. The van der Waals surface area contributed by atoms with Gasteiger partial charge < -0.3 is 5.32 Å². The van der Waals surface area contributed by atoms with E-state index in [1.54, 1.807) is 0 Å². The molecule has 1 aromatic heterocycles. The molecule has 0 aliphatic rings. The molecule has 0 aliphatic carbocycles. The van der Waals surface area contributed by atoms with E-state index in [0.29, 0.717) is 12.5 Å². The molecule has 19 heavy (non-hydrogen) atoms. The number of nitrogens with zero attached hydrogens (tertiary/aromatic N) is 1. The van der Waals surface area contributed by atoms with Gasteiger partial charge in [0.1, 0.15) is 0 Å². The van der Waals surface area contributed by atoms with Crippen molar-refractivity contribution in [2.45, 2.75) is 26.3 Å². The Balaban J connectivity index is 1.95. The zero-order valence-corrected chi connectivity index (χ0v) is 11.3. The molecule has 0 saturated heterocycles. The van der Waals surface area contributed by atoms with Crippen LogP contribution in [0.25, 0.3) is 0 Å². The number of aromatic nitrogens is 1. The number of rotatable bonds is 4. The Hall–Kier alpha value is -2.16. The van der Waals surface area contributed by atoms with E-state index in [1.165, 1.54) is 5.56 Å². The monoisotopic (exact) mass is 255 g/mol. The number of para-hydroxylation sites is 1. The fourth-order valence-electron chi connectivity index (χ4n) is 1.85. The summed E-state index contributed by atoms with van der Waals surface area (Å²) in [5, 5.41) is 2.87. The molecule has 2 rings (SSSR count). The van der Waals surface area contributed by atoms with Crippen molar-refractivity contribution in [1.82, 2.24) is 0 Å². The van der Waals surface area contributed by atoms with Crippen LogP contribution in [0.5, 0.6) is 0 Å². The summed E-state index contributed by atoms with van der Waals surface area (Å²) in [6.45, 7) is 4.64. The van der Waals surface area contributed by atoms with E-state index in [-0.39, 0.29) is 5.91 Å². The van der Waals surface area contributed by atoms with Gasteiger partial charge in [0.05, 0.1) is 0 Å². The topological polar surface area (TPSA) is 33.0 Å². The van der Waals surface area contributed by atoms with Crippen LogP contribution in [0.3, 0.4) is 0 Å². The molecule has 0 aliphatic heterocycles. The third-order valence-corrected chi connectivity index (χ3v) is 2.97. The van der Waals surface area contributed by atoms with E-state index in [2.05, 4.69) is 31.3 Å². The third-order valence-electron chi connectivity index (χ3n) is 2.97. The van der Waals surface area contributed by atoms with E-state index in [9.17, 15) is 4.79 Å². The molecular weight excluding hydrogens is 236 g/mol. The number of amides is 1. The van der Waals surface area contributed by atoms with Gasteiger partial charge in [-0.05, 0) is 23.6 Å². The van der Waals surface area contributed by atoms with Gasteiger partial charge in [-0.3, -0.25) is 4.79 Å². The Kier molecular flexibility index (Phi) is 4.29. The van der Waals surface area contributed by atoms with Crippen LogP contribution in [0, 0.1) is 0 Å². The normalized spacial score (nSPS) is 10.5. The maximum absolute atomic E-state index is 11.9. The summed E-state index contributed by atoms with van der Waals surface area (Å²) in [5.41, 5.74) is 2.10. The summed E-state index contributed by atoms with van der Waals surface area (Å²) < 4.78 is 1.88. The number of pyridine rings is 1. The lowest BCUT2D eigenvalue weighted by molar-refractivity contribution is -0.684. The van der Waals surface area contributed by atoms with Crippen molar-refractivity contribution in [3.63, 3.8) is 0 Å². The zero-order chi connectivity index (χ0) is 13.7. The Morgan fingerprint density at radius 3 is 2.32 bits per heavy atom. The summed E-state index contributed by atoms with van der Waals surface area (Å²) in [4.78, 5) is 11.9. The van der Waals surface area contributed by atoms with Crippen LogP contribution in [0.15, 0.2) is 54.9 Å². The molecule has 98 valence electrons. The van der Waals surface area contributed by atoms with Gasteiger partial charge in [-0.25, -0.2) is 0 Å². The van der Waals surface area contributed by atoms with Crippen molar-refractivity contribution in [2.75, 3.05) is 5.32 Å². The molecule has 0 saturated carbocycles. The molecule has 0 radical (unpaired) electrons. The number of hydrogen-bond acceptors (Lipinski definition) is 1. The van der Waals surface area contributed by atoms with Gasteiger partial charge in [0.25, 0.3) is 5.91 Å². The maximum Gasteiger partial charge on any atom is 0.290 e. The van der Waals surface area contributed by atoms with Crippen molar-refractivity contribution < 1.29 is 9.36 Å². The van der Waals surface area contributed by atoms with E-state index in [1.807, 2.05) is 47.3 Å². The van der Waals surface area contributed by atoms with Crippen LogP contribution >= 0.6 is 0 Å². The molecule has 3 heteroatoms. The van der Waals surface area contributed by atoms with Gasteiger partial charge in [-0.2, -0.15) is 4.57 Å². The fraction of sp³-hybridized carbons (Fsp3) is 0.250. The van der Waals surface area contributed by atoms with Crippen molar-refractivity contribution in [1.29, 1.82) is 0 Å². The number of benzene rings is 1. The molecule has 1 N–H and O–H groups in total. The molecule has 0 spiro atoms. The van der Waals surface area contributed by atoms with Crippen LogP contribution in [0.2, 0.25) is 0 Å². The predicted molar refractivity (Wildman–Crippen MR) is 75.8 cm³/mol. The standard InChI is InChI=1S/C16H18N2O/c1-13(2)14-8-10-18(11-9-14)12-16(19)17-15-6-4-3-5-7-15/h3-11,13H,12H2,1-2H3/p+1. The highest BCUT2D eigenvalue weighted by atomic mass is 16.1. The van der Waals surface area contributed by atoms with Gasteiger partial charge in [-0.1, -0.05) is 32.0 Å². The highest BCUT2D eigenvalue weighted by Crippen LogP contribution is 2.10. The molecule has 0 fully saturated rings. The summed E-state index contributed by atoms with van der Waals surface area (Å²) in [6.07, 6.45) is 3.89. The Morgan fingerprint density at radius 1 is 1.11 bits per heavy atom. The van der Waals surface area contributed by atoms with E-state index >= 15 is 0 Å². The minimum Gasteiger partial charge on any atom is -0.321 e. The Labute approximate surface area is 113 Å². The van der Waals surface area contributed by atoms with E-state index in [0.717, 1.165) is 5.69 Å². The maximum atomic E-state index is 11.9.